The second-order valence-electron chi connectivity index (χ2n) is 9.94. The Labute approximate surface area is 236 Å². The fourth-order valence-electron chi connectivity index (χ4n) is 4.93. The first-order valence-corrected chi connectivity index (χ1v) is 13.7. The van der Waals surface area contributed by atoms with Gasteiger partial charge < -0.3 is 9.50 Å². The Balaban J connectivity index is 0.00000181. The molecule has 3 aromatic carbocycles. The number of anilines is 3. The molecule has 0 saturated carbocycles. The third-order valence-corrected chi connectivity index (χ3v) is 7.33. The van der Waals surface area contributed by atoms with Crippen LogP contribution in [-0.2, 0) is 15.9 Å². The average Bonchev–Trinajstić information content (AvgIpc) is 3.43. The molecule has 0 bridgehead atoms. The van der Waals surface area contributed by atoms with Crippen LogP contribution in [0.2, 0.25) is 0 Å². The molecule has 0 fully saturated rings. The summed E-state index contributed by atoms with van der Waals surface area (Å²) in [7, 11) is 0. The van der Waals surface area contributed by atoms with Crippen molar-refractivity contribution in [2.75, 3.05) is 10.0 Å². The number of aromatic amines is 1. The Morgan fingerprint density at radius 2 is 1.57 bits per heavy atom. The summed E-state index contributed by atoms with van der Waals surface area (Å²) in [4.78, 5) is 0. The molecule has 0 aliphatic rings. The van der Waals surface area contributed by atoms with Gasteiger partial charge in [-0.3, -0.25) is 9.82 Å². The molecule has 0 aliphatic carbocycles. The summed E-state index contributed by atoms with van der Waals surface area (Å²) in [6.07, 6.45) is 0. The van der Waals surface area contributed by atoms with Crippen LogP contribution in [-0.4, -0.2) is 24.0 Å². The van der Waals surface area contributed by atoms with Gasteiger partial charge in [-0.2, -0.15) is 4.21 Å². The van der Waals surface area contributed by atoms with Crippen LogP contribution in [0.5, 0.6) is 5.75 Å². The van der Waals surface area contributed by atoms with E-state index < -0.39 is 11.3 Å². The van der Waals surface area contributed by atoms with E-state index in [9.17, 15) is 4.21 Å². The standard InChI is InChI=1S/C29H32N6O2S.CO/c1-16-10-17(2)12-24(11-16)37-38(36)34-23-9-8-18(3)25(15-23)30-28-20(5)13-19(4)27(22(28)7)29-32-31-26-14-21(6)33-35(26)29;1-2/h8-15,30,33-34H,1-7H3;. The van der Waals surface area contributed by atoms with Crippen LogP contribution in [0.15, 0.2) is 48.5 Å². The number of hydrogen-bond donors (Lipinski definition) is 3. The predicted octanol–water partition coefficient (Wildman–Crippen LogP) is 6.66. The molecule has 2 aromatic heterocycles. The van der Waals surface area contributed by atoms with Crippen LogP contribution < -0.4 is 14.2 Å². The zero-order chi connectivity index (χ0) is 29.1. The van der Waals surface area contributed by atoms with Crippen molar-refractivity contribution in [1.82, 2.24) is 19.8 Å². The first-order valence-electron chi connectivity index (χ1n) is 12.6. The monoisotopic (exact) mass is 556 g/mol. The molecule has 9 nitrogen and oxygen atoms in total. The quantitative estimate of drug-likeness (QED) is 0.153. The summed E-state index contributed by atoms with van der Waals surface area (Å²) in [5.74, 6) is 1.34. The van der Waals surface area contributed by atoms with Crippen LogP contribution in [0.1, 0.15) is 39.1 Å². The van der Waals surface area contributed by atoms with Crippen molar-refractivity contribution in [3.8, 4) is 17.1 Å². The van der Waals surface area contributed by atoms with E-state index in [4.69, 9.17) is 8.84 Å². The van der Waals surface area contributed by atoms with Crippen LogP contribution in [0.3, 0.4) is 0 Å². The predicted molar refractivity (Wildman–Crippen MR) is 158 cm³/mol. The van der Waals surface area contributed by atoms with E-state index in [-0.39, 0.29) is 0 Å². The van der Waals surface area contributed by atoms with Gasteiger partial charge in [0.05, 0.1) is 5.69 Å². The molecular weight excluding hydrogens is 524 g/mol. The molecule has 40 heavy (non-hydrogen) atoms. The second-order valence-corrected chi connectivity index (χ2v) is 10.8. The van der Waals surface area contributed by atoms with Gasteiger partial charge >= 0.3 is 22.6 Å². The summed E-state index contributed by atoms with van der Waals surface area (Å²) in [5, 5.41) is 15.8. The van der Waals surface area contributed by atoms with E-state index in [1.54, 1.807) is 0 Å². The first-order chi connectivity index (χ1) is 19.1. The van der Waals surface area contributed by atoms with E-state index in [0.717, 1.165) is 67.5 Å². The fraction of sp³-hybridized carbons (Fsp3) is 0.233. The Morgan fingerprint density at radius 1 is 0.875 bits per heavy atom. The molecule has 0 aliphatic heterocycles. The molecule has 0 spiro atoms. The van der Waals surface area contributed by atoms with Crippen LogP contribution in [0.25, 0.3) is 17.0 Å². The summed E-state index contributed by atoms with van der Waals surface area (Å²) < 4.78 is 30.7. The first kappa shape index (κ1) is 28.6. The van der Waals surface area contributed by atoms with Crippen LogP contribution in [0.4, 0.5) is 17.1 Å². The molecule has 1 atom stereocenters. The number of aryl methyl sites for hydroxylation is 6. The number of benzene rings is 3. The molecule has 5 rings (SSSR count). The number of fused-ring (bicyclic) bond motifs is 1. The van der Waals surface area contributed by atoms with E-state index in [2.05, 4.69) is 58.8 Å². The molecule has 5 aromatic rings. The normalized spacial score (nSPS) is 11.5. The van der Waals surface area contributed by atoms with E-state index >= 15 is 0 Å². The van der Waals surface area contributed by atoms with Crippen molar-refractivity contribution >= 4 is 34.0 Å². The van der Waals surface area contributed by atoms with Crippen LogP contribution >= 0.6 is 0 Å². The summed E-state index contributed by atoms with van der Waals surface area (Å²) in [6.45, 7) is 18.8. The van der Waals surface area contributed by atoms with E-state index in [0.29, 0.717) is 11.4 Å². The molecule has 2 heterocycles. The number of nitrogens with zero attached hydrogens (tertiary/aromatic N) is 3. The van der Waals surface area contributed by atoms with Crippen LogP contribution in [0, 0.1) is 55.1 Å². The number of nitrogens with one attached hydrogen (secondary N) is 3. The molecule has 0 saturated heterocycles. The van der Waals surface area contributed by atoms with Crippen molar-refractivity contribution in [2.45, 2.75) is 48.5 Å². The average molecular weight is 557 g/mol. The molecule has 3 N–H and O–H groups in total. The minimum absolute atomic E-state index is 0.567. The van der Waals surface area contributed by atoms with Gasteiger partial charge in [0.15, 0.2) is 11.5 Å². The van der Waals surface area contributed by atoms with E-state index in [1.807, 2.05) is 74.7 Å². The fourth-order valence-corrected chi connectivity index (χ4v) is 5.56. The number of aromatic nitrogens is 4. The van der Waals surface area contributed by atoms with Gasteiger partial charge in [0, 0.05) is 28.7 Å². The van der Waals surface area contributed by atoms with Gasteiger partial charge in [-0.1, -0.05) is 18.2 Å². The zero-order valence-electron chi connectivity index (χ0n) is 23.6. The Bertz CT molecular complexity index is 1730. The maximum atomic E-state index is 12.7. The van der Waals surface area contributed by atoms with Gasteiger partial charge in [-0.15, -0.1) is 10.2 Å². The van der Waals surface area contributed by atoms with Crippen molar-refractivity contribution in [3.63, 3.8) is 0 Å². The van der Waals surface area contributed by atoms with Crippen molar-refractivity contribution in [2.24, 2.45) is 0 Å². The third-order valence-electron chi connectivity index (χ3n) is 6.58. The maximum absolute atomic E-state index is 12.7. The number of rotatable bonds is 7. The molecule has 206 valence electrons. The molecule has 0 amide bonds. The van der Waals surface area contributed by atoms with Crippen molar-refractivity contribution < 1.29 is 13.0 Å². The number of H-pyrrole nitrogens is 1. The third kappa shape index (κ3) is 5.94. The second kappa shape index (κ2) is 11.8. The van der Waals surface area contributed by atoms with E-state index in [1.165, 1.54) is 0 Å². The SMILES string of the molecule is Cc1cc(C)cc(OS(=O)Nc2ccc(C)c(Nc3c(C)cc(C)c(-c4nnc5cc(C)[nH]n45)c3C)c2)c1.[C-]#[O+]. The summed E-state index contributed by atoms with van der Waals surface area (Å²) in [5.41, 5.74) is 11.9. The zero-order valence-corrected chi connectivity index (χ0v) is 24.4. The number of hydrogen-bond acceptors (Lipinski definition) is 5. The molecule has 10 heteroatoms. The molecule has 1 unspecified atom stereocenters. The Morgan fingerprint density at radius 3 is 2.27 bits per heavy atom. The molecule has 0 radical (unpaired) electrons. The van der Waals surface area contributed by atoms with Crippen molar-refractivity contribution in [1.29, 1.82) is 0 Å². The van der Waals surface area contributed by atoms with Gasteiger partial charge in [0.2, 0.25) is 0 Å². The van der Waals surface area contributed by atoms with Gasteiger partial charge in [-0.25, -0.2) is 4.52 Å². The van der Waals surface area contributed by atoms with Gasteiger partial charge in [0.1, 0.15) is 5.75 Å². The summed E-state index contributed by atoms with van der Waals surface area (Å²) >= 11 is -1.75. The minimum atomic E-state index is -1.75. The summed E-state index contributed by atoms with van der Waals surface area (Å²) in [6, 6.07) is 15.7. The van der Waals surface area contributed by atoms with Gasteiger partial charge in [-0.05, 0) is 106 Å². The van der Waals surface area contributed by atoms with Crippen molar-refractivity contribution in [3.05, 3.63) is 94.3 Å². The van der Waals surface area contributed by atoms with Gasteiger partial charge in [0.25, 0.3) is 0 Å². The topological polar surface area (TPSA) is 116 Å². The Kier molecular flexibility index (Phi) is 8.44. The molecular formula is C30H32N6O3S. The Hall–Kier alpha value is -4.37.